The van der Waals surface area contributed by atoms with Crippen molar-refractivity contribution < 1.29 is 73.8 Å². The second-order valence-corrected chi connectivity index (χ2v) is 18.6. The molecule has 0 aliphatic heterocycles. The van der Waals surface area contributed by atoms with Crippen LogP contribution in [0.3, 0.4) is 0 Å². The van der Waals surface area contributed by atoms with Crippen molar-refractivity contribution in [2.24, 2.45) is 0 Å². The van der Waals surface area contributed by atoms with Crippen LogP contribution in [0.5, 0.6) is 0 Å². The lowest BCUT2D eigenvalue weighted by Crippen LogP contribution is -2.51. The zero-order valence-corrected chi connectivity index (χ0v) is 44.0. The number of ketones is 2. The molecule has 0 saturated carbocycles. The molecule has 11 N–H and O–H groups in total. The van der Waals surface area contributed by atoms with Gasteiger partial charge in [0.15, 0.2) is 0 Å². The van der Waals surface area contributed by atoms with Gasteiger partial charge in [-0.25, -0.2) is 29.6 Å². The maximum Gasteiger partial charge on any atom is 0.326 e. The van der Waals surface area contributed by atoms with Gasteiger partial charge in [0, 0.05) is 96.8 Å². The van der Waals surface area contributed by atoms with Gasteiger partial charge in [-0.05, 0) is 102 Å². The van der Waals surface area contributed by atoms with Crippen LogP contribution in [0.2, 0.25) is 0 Å². The number of carbonyl (C=O) groups excluding carboxylic acids is 8. The van der Waals surface area contributed by atoms with Crippen molar-refractivity contribution in [1.29, 1.82) is 0 Å². The van der Waals surface area contributed by atoms with Gasteiger partial charge in [-0.15, -0.1) is 0 Å². The normalized spacial score (nSPS) is 11.6. The second kappa shape index (κ2) is 36.6. The van der Waals surface area contributed by atoms with Crippen LogP contribution in [-0.4, -0.2) is 151 Å². The first-order chi connectivity index (χ1) is 36.6. The number of benzene rings is 1. The Bertz CT molecular complexity index is 2340. The first-order valence-corrected chi connectivity index (χ1v) is 26.0. The van der Waals surface area contributed by atoms with Crippen molar-refractivity contribution >= 4 is 70.4 Å². The number of Topliss-reactive ketones (excluding diaryl/α,β-unsaturated/α-hetero) is 2. The molecule has 0 radical (unpaired) electrons. The average Bonchev–Trinajstić information content (AvgIpc) is 3.39. The van der Waals surface area contributed by atoms with Crippen molar-refractivity contribution in [3.8, 4) is 0 Å². The Hall–Kier alpha value is -7.32. The number of rotatable bonds is 42. The van der Waals surface area contributed by atoms with Gasteiger partial charge in [-0.1, -0.05) is 25.0 Å². The first-order valence-electron chi connectivity index (χ1n) is 26.0. The number of carbonyl (C=O) groups is 10. The number of carboxylic acids is 2. The molecule has 2 aromatic carbocycles. The molecule has 0 aliphatic rings. The summed E-state index contributed by atoms with van der Waals surface area (Å²) in [7, 11) is 0. The summed E-state index contributed by atoms with van der Waals surface area (Å²) in [5, 5.41) is 65.8. The molecule has 0 bridgehead atoms. The number of hydroxylamine groups is 6. The standard InChI is InChI=1S/C51H77N9O17/c1-34(61)17-23-40(50(72)73)57-51(74)56-39(49(70)71)16-8-11-29-54-48(69)37-20-18-36(19-21-37)33-55-45-44(46(67)47(45)68)53-28-10-6-14-32-59(76)42(65)25-22-38(63)15-7-3-4-12-31-60(77)43(66)26-24-41(64)52-27-9-5-13-30-58(75)35(2)62/h18-21,39-40,53,55,75-77H,3-17,22-33H2,1-2H3,(H,52,64)(H,54,69)(H,70,71)(H,72,73)(H2,56,57,74). The number of unbranched alkanes of at least 4 members (excludes halogenated alkanes) is 8. The van der Waals surface area contributed by atoms with E-state index in [0.29, 0.717) is 116 Å². The fourth-order valence-electron chi connectivity index (χ4n) is 7.54. The lowest BCUT2D eigenvalue weighted by atomic mass is 10.1. The van der Waals surface area contributed by atoms with Crippen LogP contribution in [0.1, 0.15) is 158 Å². The van der Waals surface area contributed by atoms with E-state index >= 15 is 0 Å². The maximum atomic E-state index is 12.7. The molecule has 428 valence electrons. The molecule has 2 unspecified atom stereocenters. The number of hydrogen-bond donors (Lipinski definition) is 11. The minimum atomic E-state index is -1.37. The van der Waals surface area contributed by atoms with E-state index in [2.05, 4.69) is 31.9 Å². The van der Waals surface area contributed by atoms with Crippen LogP contribution >= 0.6 is 0 Å². The number of anilines is 2. The predicted molar refractivity (Wildman–Crippen MR) is 278 cm³/mol. The molecule has 0 aliphatic carbocycles. The Morgan fingerprint density at radius 3 is 1.57 bits per heavy atom. The number of urea groups is 1. The van der Waals surface area contributed by atoms with Gasteiger partial charge in [0.1, 0.15) is 35.0 Å². The van der Waals surface area contributed by atoms with E-state index in [9.17, 15) is 83.4 Å². The van der Waals surface area contributed by atoms with Gasteiger partial charge in [-0.2, -0.15) is 0 Å². The van der Waals surface area contributed by atoms with Gasteiger partial charge < -0.3 is 46.9 Å². The highest BCUT2D eigenvalue weighted by Gasteiger charge is 2.25. The quantitative estimate of drug-likeness (QED) is 0.0197. The largest absolute Gasteiger partial charge is 0.480 e. The molecule has 77 heavy (non-hydrogen) atoms. The van der Waals surface area contributed by atoms with Crippen molar-refractivity contribution in [2.75, 3.05) is 49.9 Å². The summed E-state index contributed by atoms with van der Waals surface area (Å²) in [6, 6.07) is 2.77. The maximum absolute atomic E-state index is 12.7. The third kappa shape index (κ3) is 27.3. The highest BCUT2D eigenvalue weighted by atomic mass is 16.5. The molecule has 0 spiro atoms. The summed E-state index contributed by atoms with van der Waals surface area (Å²) in [6.07, 6.45) is 6.05. The molecule has 0 fully saturated rings. The zero-order chi connectivity index (χ0) is 57.3. The number of nitrogens with one attached hydrogen (secondary N) is 6. The van der Waals surface area contributed by atoms with Gasteiger partial charge >= 0.3 is 18.0 Å². The van der Waals surface area contributed by atoms with E-state index in [1.807, 2.05) is 0 Å². The zero-order valence-electron chi connectivity index (χ0n) is 44.0. The predicted octanol–water partition coefficient (Wildman–Crippen LogP) is 2.99. The molecular weight excluding hydrogens is 1010 g/mol. The average molecular weight is 1090 g/mol. The first kappa shape index (κ1) is 65.8. The van der Waals surface area contributed by atoms with E-state index in [4.69, 9.17) is 0 Å². The summed E-state index contributed by atoms with van der Waals surface area (Å²) in [5.74, 6) is -5.42. The Kier molecular flexibility index (Phi) is 31.3. The Labute approximate surface area is 446 Å². The number of nitrogens with zero attached hydrogens (tertiary/aromatic N) is 3. The number of aliphatic carboxylic acids is 2. The molecule has 0 aromatic heterocycles. The SMILES string of the molecule is CC(=O)CCC(NC(=O)NC(CCCCNC(=O)c1ccc(CNc2c(NCCCCCN(O)C(=O)CCC(=O)CCCCCCN(O)C(=O)CCC(=O)NCCCCCN(O)C(C)=O)c(=O)c2=O)cc1)C(=O)O)C(=O)O. The number of hydrogen-bond acceptors (Lipinski definition) is 17. The van der Waals surface area contributed by atoms with Crippen LogP contribution in [0.15, 0.2) is 33.9 Å². The van der Waals surface area contributed by atoms with Crippen LogP contribution < -0.4 is 42.8 Å². The topological polar surface area (TPSA) is 388 Å². The van der Waals surface area contributed by atoms with Crippen molar-refractivity contribution in [3.63, 3.8) is 0 Å². The molecule has 2 atom stereocenters. The summed E-state index contributed by atoms with van der Waals surface area (Å²) >= 11 is 0. The molecule has 26 nitrogen and oxygen atoms in total. The molecule has 26 heteroatoms. The summed E-state index contributed by atoms with van der Waals surface area (Å²) in [6.45, 7) is 3.94. The fraction of sp³-hybridized carbons (Fsp3) is 0.608. The van der Waals surface area contributed by atoms with E-state index in [-0.39, 0.29) is 113 Å². The van der Waals surface area contributed by atoms with Gasteiger partial charge in [0.25, 0.3) is 16.8 Å². The van der Waals surface area contributed by atoms with Crippen LogP contribution in [0.25, 0.3) is 0 Å². The lowest BCUT2D eigenvalue weighted by molar-refractivity contribution is -0.166. The molecule has 0 saturated heterocycles. The fourth-order valence-corrected chi connectivity index (χ4v) is 7.54. The van der Waals surface area contributed by atoms with Gasteiger partial charge in [0.05, 0.1) is 0 Å². The molecule has 0 heterocycles. The lowest BCUT2D eigenvalue weighted by Gasteiger charge is -2.18. The molecule has 2 rings (SSSR count). The third-order valence-corrected chi connectivity index (χ3v) is 12.2. The molecule has 2 aromatic rings. The second-order valence-electron chi connectivity index (χ2n) is 18.6. The Morgan fingerprint density at radius 1 is 0.506 bits per heavy atom. The van der Waals surface area contributed by atoms with Crippen LogP contribution in [0.4, 0.5) is 16.2 Å². The number of amides is 7. The minimum Gasteiger partial charge on any atom is -0.480 e. The van der Waals surface area contributed by atoms with E-state index in [1.165, 1.54) is 13.8 Å². The Balaban J connectivity index is 1.56. The highest BCUT2D eigenvalue weighted by molar-refractivity contribution is 5.94. The van der Waals surface area contributed by atoms with E-state index < -0.39 is 64.5 Å². The van der Waals surface area contributed by atoms with Crippen LogP contribution in [-0.2, 0) is 44.9 Å². The van der Waals surface area contributed by atoms with Gasteiger partial charge in [0.2, 0.25) is 23.6 Å². The highest BCUT2D eigenvalue weighted by Crippen LogP contribution is 2.17. The van der Waals surface area contributed by atoms with E-state index in [0.717, 1.165) is 0 Å². The minimum absolute atomic E-state index is 0.000745. The third-order valence-electron chi connectivity index (χ3n) is 12.2. The van der Waals surface area contributed by atoms with Gasteiger partial charge in [-0.3, -0.25) is 54.0 Å². The van der Waals surface area contributed by atoms with Crippen molar-refractivity contribution in [1.82, 2.24) is 36.5 Å². The summed E-state index contributed by atoms with van der Waals surface area (Å²) in [4.78, 5) is 144. The summed E-state index contributed by atoms with van der Waals surface area (Å²) in [5.41, 5.74) is -0.0475. The van der Waals surface area contributed by atoms with E-state index in [1.54, 1.807) is 24.3 Å². The summed E-state index contributed by atoms with van der Waals surface area (Å²) < 4.78 is 0. The monoisotopic (exact) mass is 1090 g/mol. The molecule has 7 amide bonds. The van der Waals surface area contributed by atoms with Crippen molar-refractivity contribution in [2.45, 2.75) is 161 Å². The van der Waals surface area contributed by atoms with Crippen LogP contribution in [0, 0.1) is 0 Å². The smallest absolute Gasteiger partial charge is 0.326 e. The van der Waals surface area contributed by atoms with Crippen molar-refractivity contribution in [3.05, 3.63) is 55.8 Å². The molecular formula is C51H77N9O17. The number of carboxylic acid groups (broad SMARTS) is 2. The Morgan fingerprint density at radius 2 is 1.00 bits per heavy atom.